The Morgan fingerprint density at radius 1 is 1.12 bits per heavy atom. The summed E-state index contributed by atoms with van der Waals surface area (Å²) in [5.74, 6) is -4.56. The summed E-state index contributed by atoms with van der Waals surface area (Å²) < 4.78 is 5.92. The maximum Gasteiger partial charge on any atom is 0.336 e. The predicted molar refractivity (Wildman–Crippen MR) is 102 cm³/mol. The molecule has 0 saturated carbocycles. The molecule has 0 saturated heterocycles. The molecule has 1 rings (SSSR count). The molecule has 146 valence electrons. The molecule has 0 aliphatic rings. The fourth-order valence-corrected chi connectivity index (χ4v) is 3.80. The summed E-state index contributed by atoms with van der Waals surface area (Å²) in [7, 11) is -1.72. The summed E-state index contributed by atoms with van der Waals surface area (Å²) in [6.07, 6.45) is -1.27. The highest BCUT2D eigenvalue weighted by molar-refractivity contribution is 6.48. The molecule has 0 spiro atoms. The Morgan fingerprint density at radius 3 is 1.92 bits per heavy atom. The highest BCUT2D eigenvalue weighted by Gasteiger charge is 2.52. The van der Waals surface area contributed by atoms with Crippen LogP contribution in [0.25, 0.3) is 0 Å². The Morgan fingerprint density at radius 2 is 1.62 bits per heavy atom. The predicted octanol–water partition coefficient (Wildman–Crippen LogP) is 2.95. The van der Waals surface area contributed by atoms with Crippen LogP contribution >= 0.6 is 0 Å². The highest BCUT2D eigenvalue weighted by atomic mass is 28.3. The van der Waals surface area contributed by atoms with Crippen molar-refractivity contribution in [3.05, 3.63) is 35.4 Å². The number of rotatable bonds is 8. The summed E-state index contributed by atoms with van der Waals surface area (Å²) >= 11 is 0. The maximum absolute atomic E-state index is 11.9. The zero-order chi connectivity index (χ0) is 20.3. The highest BCUT2D eigenvalue weighted by Crippen LogP contribution is 2.38. The van der Waals surface area contributed by atoms with E-state index in [-0.39, 0.29) is 11.8 Å². The molecule has 0 bridgehead atoms. The van der Waals surface area contributed by atoms with E-state index in [1.54, 1.807) is 12.1 Å². The number of hydrogen-bond acceptors (Lipinski definition) is 4. The van der Waals surface area contributed by atoms with Crippen LogP contribution in [0, 0.1) is 5.92 Å². The second-order valence-corrected chi connectivity index (χ2v) is 10.2. The molecule has 0 radical (unpaired) electrons. The third kappa shape index (κ3) is 4.93. The Labute approximate surface area is 156 Å². The van der Waals surface area contributed by atoms with Gasteiger partial charge in [-0.2, -0.15) is 0 Å². The number of carbonyl (C=O) groups is 2. The monoisotopic (exact) mass is 382 g/mol. The van der Waals surface area contributed by atoms with Crippen LogP contribution in [0.5, 0.6) is 0 Å². The van der Waals surface area contributed by atoms with Gasteiger partial charge in [0, 0.05) is 0 Å². The lowest BCUT2D eigenvalue weighted by Gasteiger charge is -2.35. The van der Waals surface area contributed by atoms with Crippen LogP contribution in [0.3, 0.4) is 0 Å². The van der Waals surface area contributed by atoms with E-state index in [2.05, 4.69) is 20.8 Å². The number of hydrogen-bond donors (Lipinski definition) is 3. The Hall–Kier alpha value is -1.70. The lowest BCUT2D eigenvalue weighted by atomic mass is 9.78. The Bertz CT molecular complexity index is 634. The van der Waals surface area contributed by atoms with E-state index in [9.17, 15) is 24.9 Å². The molecular formula is C19H30O6Si. The van der Waals surface area contributed by atoms with Crippen molar-refractivity contribution in [1.29, 1.82) is 0 Å². The van der Waals surface area contributed by atoms with E-state index in [1.807, 2.05) is 25.2 Å². The fourth-order valence-electron chi connectivity index (χ4n) is 2.90. The molecule has 0 fully saturated rings. The molecule has 6 nitrogen and oxygen atoms in total. The second kappa shape index (κ2) is 8.33. The summed E-state index contributed by atoms with van der Waals surface area (Å²) in [6.45, 7) is 11.4. The van der Waals surface area contributed by atoms with Gasteiger partial charge < -0.3 is 19.7 Å². The summed E-state index contributed by atoms with van der Waals surface area (Å²) in [5.41, 5.74) is -0.862. The quantitative estimate of drug-likeness (QED) is 0.597. The molecule has 0 aliphatic carbocycles. The number of aliphatic hydroxyl groups is 1. The first-order valence-corrected chi connectivity index (χ1v) is 11.6. The zero-order valence-electron chi connectivity index (χ0n) is 16.3. The SMILES string of the molecule is CCC(O)(C(=O)O)C(C(=O)O)C(O[SiH](C)C)c1ccc(C(C)(C)C)cc1. The minimum Gasteiger partial charge on any atom is -0.481 e. The van der Waals surface area contributed by atoms with Crippen LogP contribution in [-0.4, -0.2) is 41.9 Å². The van der Waals surface area contributed by atoms with Crippen LogP contribution in [0.2, 0.25) is 13.1 Å². The molecule has 26 heavy (non-hydrogen) atoms. The fraction of sp³-hybridized carbons (Fsp3) is 0.579. The molecule has 0 aromatic heterocycles. The first-order chi connectivity index (χ1) is 11.8. The van der Waals surface area contributed by atoms with Crippen molar-refractivity contribution in [3.8, 4) is 0 Å². The molecule has 0 amide bonds. The van der Waals surface area contributed by atoms with Gasteiger partial charge in [-0.1, -0.05) is 52.0 Å². The molecule has 3 unspecified atom stereocenters. The normalized spacial score (nSPS) is 16.8. The van der Waals surface area contributed by atoms with Gasteiger partial charge >= 0.3 is 11.9 Å². The van der Waals surface area contributed by atoms with Crippen LogP contribution in [-0.2, 0) is 19.4 Å². The van der Waals surface area contributed by atoms with Gasteiger partial charge in [-0.25, -0.2) is 4.79 Å². The lowest BCUT2D eigenvalue weighted by molar-refractivity contribution is -0.182. The van der Waals surface area contributed by atoms with Gasteiger partial charge in [0.2, 0.25) is 0 Å². The van der Waals surface area contributed by atoms with E-state index in [4.69, 9.17) is 4.43 Å². The Kier molecular flexibility index (Phi) is 7.15. The van der Waals surface area contributed by atoms with Gasteiger partial charge in [0.25, 0.3) is 0 Å². The van der Waals surface area contributed by atoms with Crippen molar-refractivity contribution >= 4 is 21.0 Å². The van der Waals surface area contributed by atoms with Gasteiger partial charge in [0.1, 0.15) is 5.92 Å². The van der Waals surface area contributed by atoms with Gasteiger partial charge in [0.05, 0.1) is 6.10 Å². The molecule has 7 heteroatoms. The van der Waals surface area contributed by atoms with Crippen LogP contribution in [0.1, 0.15) is 51.3 Å². The summed E-state index contributed by atoms with van der Waals surface area (Å²) in [5, 5.41) is 29.8. The Balaban J connectivity index is 3.46. The van der Waals surface area contributed by atoms with Crippen molar-refractivity contribution in [2.45, 2.75) is 64.3 Å². The number of benzene rings is 1. The van der Waals surface area contributed by atoms with Crippen molar-refractivity contribution in [1.82, 2.24) is 0 Å². The zero-order valence-corrected chi connectivity index (χ0v) is 17.5. The number of carboxylic acid groups (broad SMARTS) is 2. The third-order valence-electron chi connectivity index (χ3n) is 4.52. The molecule has 0 heterocycles. The molecule has 3 N–H and O–H groups in total. The van der Waals surface area contributed by atoms with E-state index in [0.717, 1.165) is 5.56 Å². The topological polar surface area (TPSA) is 104 Å². The molecule has 3 atom stereocenters. The van der Waals surface area contributed by atoms with Gasteiger partial charge in [-0.15, -0.1) is 0 Å². The standard InChI is InChI=1S/C19H30O6Si/c1-7-19(24,17(22)23)14(16(20)21)15(25-26(5)6)12-8-10-13(11-9-12)18(2,3)4/h8-11,14-15,24,26H,7H2,1-6H3,(H,20,21)(H,22,23). The third-order valence-corrected chi connectivity index (χ3v) is 5.35. The summed E-state index contributed by atoms with van der Waals surface area (Å²) in [4.78, 5) is 23.6. The van der Waals surface area contributed by atoms with E-state index < -0.39 is 38.6 Å². The first kappa shape index (κ1) is 22.3. The van der Waals surface area contributed by atoms with Crippen molar-refractivity contribution in [2.75, 3.05) is 0 Å². The first-order valence-electron chi connectivity index (χ1n) is 8.79. The van der Waals surface area contributed by atoms with Gasteiger partial charge in [-0.05, 0) is 36.1 Å². The summed E-state index contributed by atoms with van der Waals surface area (Å²) in [6, 6.07) is 7.29. The van der Waals surface area contributed by atoms with Crippen LogP contribution < -0.4 is 0 Å². The van der Waals surface area contributed by atoms with Crippen molar-refractivity contribution in [3.63, 3.8) is 0 Å². The number of carboxylic acids is 2. The smallest absolute Gasteiger partial charge is 0.336 e. The molecule has 0 aliphatic heterocycles. The van der Waals surface area contributed by atoms with E-state index in [1.165, 1.54) is 6.92 Å². The van der Waals surface area contributed by atoms with Gasteiger partial charge in [0.15, 0.2) is 14.6 Å². The van der Waals surface area contributed by atoms with Gasteiger partial charge in [-0.3, -0.25) is 4.79 Å². The maximum atomic E-state index is 11.9. The minimum atomic E-state index is -2.41. The molecule has 1 aromatic carbocycles. The van der Waals surface area contributed by atoms with Crippen LogP contribution in [0.4, 0.5) is 0 Å². The van der Waals surface area contributed by atoms with E-state index >= 15 is 0 Å². The van der Waals surface area contributed by atoms with Crippen molar-refractivity contribution in [2.24, 2.45) is 5.92 Å². The largest absolute Gasteiger partial charge is 0.481 e. The molecule has 1 aromatic rings. The van der Waals surface area contributed by atoms with E-state index in [0.29, 0.717) is 5.56 Å². The minimum absolute atomic E-state index is 0.0703. The molecular weight excluding hydrogens is 352 g/mol. The average Bonchev–Trinajstić information content (AvgIpc) is 2.52. The second-order valence-electron chi connectivity index (χ2n) is 7.88. The lowest BCUT2D eigenvalue weighted by Crippen LogP contribution is -2.52. The van der Waals surface area contributed by atoms with Crippen LogP contribution in [0.15, 0.2) is 24.3 Å². The average molecular weight is 383 g/mol. The number of aliphatic carboxylic acids is 2. The van der Waals surface area contributed by atoms with Crippen molar-refractivity contribution < 1.29 is 29.3 Å².